The number of ether oxygens (including phenoxy) is 1. The second-order valence-electron chi connectivity index (χ2n) is 6.10. The molecule has 0 bridgehead atoms. The fraction of sp³-hybridized carbons (Fsp3) is 0.786. The molecule has 0 aromatic carbocycles. The maximum absolute atomic E-state index is 12.8. The second kappa shape index (κ2) is 6.16. The summed E-state index contributed by atoms with van der Waals surface area (Å²) in [6, 6.07) is 0.249. The topological polar surface area (TPSA) is 62.7 Å². The minimum Gasteiger partial charge on any atom is -0.383 e. The first-order chi connectivity index (χ1) is 10.5. The first kappa shape index (κ1) is 16.3. The first-order valence-corrected chi connectivity index (χ1v) is 9.94. The summed E-state index contributed by atoms with van der Waals surface area (Å²) in [6.45, 7) is 5.07. The smallest absolute Gasteiger partial charge is 0.222 e. The van der Waals surface area contributed by atoms with Crippen molar-refractivity contribution in [3.05, 3.63) is 16.6 Å². The van der Waals surface area contributed by atoms with E-state index in [9.17, 15) is 8.42 Å². The fourth-order valence-electron chi connectivity index (χ4n) is 3.08. The van der Waals surface area contributed by atoms with E-state index in [2.05, 4.69) is 16.8 Å². The molecule has 0 amide bonds. The summed E-state index contributed by atoms with van der Waals surface area (Å²) in [5.74, 6) is 0. The van der Waals surface area contributed by atoms with E-state index in [1.807, 2.05) is 11.6 Å². The molecule has 1 aliphatic heterocycles. The van der Waals surface area contributed by atoms with Gasteiger partial charge in [-0.25, -0.2) is 13.4 Å². The van der Waals surface area contributed by atoms with Crippen LogP contribution in [0.15, 0.2) is 11.6 Å². The molecule has 22 heavy (non-hydrogen) atoms. The first-order valence-electron chi connectivity index (χ1n) is 7.62. The van der Waals surface area contributed by atoms with Gasteiger partial charge in [-0.2, -0.15) is 4.31 Å². The standard InChI is InChI=1S/C14H23N3O3S2/c1-12(13-15-5-10-21-13)16-6-8-17(9-7-16)22(18,19)14(3-4-14)11-20-2/h5,10,12H,3-4,6-9,11H2,1-2H3. The highest BCUT2D eigenvalue weighted by molar-refractivity contribution is 7.90. The Morgan fingerprint density at radius 2 is 2.05 bits per heavy atom. The maximum atomic E-state index is 12.8. The molecular formula is C14H23N3O3S2. The number of piperazine rings is 1. The molecule has 1 saturated heterocycles. The van der Waals surface area contributed by atoms with Crippen LogP contribution in [0.1, 0.15) is 30.8 Å². The predicted molar refractivity (Wildman–Crippen MR) is 86.4 cm³/mol. The third-order valence-corrected chi connectivity index (χ3v) is 8.34. The predicted octanol–water partition coefficient (Wildman–Crippen LogP) is 1.33. The summed E-state index contributed by atoms with van der Waals surface area (Å²) in [5.41, 5.74) is 0. The lowest BCUT2D eigenvalue weighted by Crippen LogP contribution is -2.52. The summed E-state index contributed by atoms with van der Waals surface area (Å²) in [7, 11) is -1.67. The molecule has 1 aliphatic carbocycles. The van der Waals surface area contributed by atoms with E-state index in [0.29, 0.717) is 19.7 Å². The van der Waals surface area contributed by atoms with Crippen molar-refractivity contribution in [2.24, 2.45) is 0 Å². The van der Waals surface area contributed by atoms with E-state index in [0.717, 1.165) is 30.9 Å². The molecule has 1 atom stereocenters. The van der Waals surface area contributed by atoms with Crippen molar-refractivity contribution in [2.75, 3.05) is 39.9 Å². The van der Waals surface area contributed by atoms with Gasteiger partial charge < -0.3 is 4.74 Å². The zero-order chi connectivity index (χ0) is 15.8. The number of nitrogens with zero attached hydrogens (tertiary/aromatic N) is 3. The van der Waals surface area contributed by atoms with Gasteiger partial charge in [0.05, 0.1) is 12.6 Å². The van der Waals surface area contributed by atoms with Crippen molar-refractivity contribution < 1.29 is 13.2 Å². The Kier molecular flexibility index (Phi) is 4.57. The monoisotopic (exact) mass is 345 g/mol. The highest BCUT2D eigenvalue weighted by Gasteiger charge is 2.57. The van der Waals surface area contributed by atoms with Crippen LogP contribution in [0.3, 0.4) is 0 Å². The molecule has 124 valence electrons. The van der Waals surface area contributed by atoms with Crippen LogP contribution in [-0.2, 0) is 14.8 Å². The number of methoxy groups -OCH3 is 1. The lowest BCUT2D eigenvalue weighted by molar-refractivity contribution is 0.141. The van der Waals surface area contributed by atoms with E-state index < -0.39 is 14.8 Å². The second-order valence-corrected chi connectivity index (χ2v) is 9.36. The van der Waals surface area contributed by atoms with Crippen molar-refractivity contribution in [2.45, 2.75) is 30.6 Å². The molecule has 8 heteroatoms. The van der Waals surface area contributed by atoms with Crippen molar-refractivity contribution in [3.63, 3.8) is 0 Å². The van der Waals surface area contributed by atoms with Crippen molar-refractivity contribution in [3.8, 4) is 0 Å². The molecule has 3 rings (SSSR count). The van der Waals surface area contributed by atoms with Gasteiger partial charge in [0.1, 0.15) is 9.75 Å². The van der Waals surface area contributed by atoms with Crippen LogP contribution < -0.4 is 0 Å². The highest BCUT2D eigenvalue weighted by Crippen LogP contribution is 2.45. The van der Waals surface area contributed by atoms with Crippen LogP contribution in [0, 0.1) is 0 Å². The minimum atomic E-state index is -3.25. The van der Waals surface area contributed by atoms with Crippen LogP contribution in [-0.4, -0.2) is 67.2 Å². The number of hydrogen-bond acceptors (Lipinski definition) is 6. The molecule has 1 unspecified atom stereocenters. The van der Waals surface area contributed by atoms with Crippen molar-refractivity contribution in [1.29, 1.82) is 0 Å². The Labute approximate surface area is 136 Å². The third-order valence-electron chi connectivity index (χ3n) is 4.73. The summed E-state index contributed by atoms with van der Waals surface area (Å²) in [5, 5.41) is 3.07. The molecule has 0 spiro atoms. The average Bonchev–Trinajstić information content (AvgIpc) is 3.12. The van der Waals surface area contributed by atoms with Crippen LogP contribution in [0.4, 0.5) is 0 Å². The average molecular weight is 345 g/mol. The summed E-state index contributed by atoms with van der Waals surface area (Å²) < 4.78 is 31.7. The molecule has 6 nitrogen and oxygen atoms in total. The molecule has 1 aromatic rings. The zero-order valence-corrected chi connectivity index (χ0v) is 14.7. The Morgan fingerprint density at radius 3 is 2.55 bits per heavy atom. The van der Waals surface area contributed by atoms with Gasteiger partial charge in [0, 0.05) is 44.9 Å². The van der Waals surface area contributed by atoms with E-state index >= 15 is 0 Å². The summed E-state index contributed by atoms with van der Waals surface area (Å²) >= 11 is 1.65. The molecule has 1 aromatic heterocycles. The van der Waals surface area contributed by atoms with Crippen LogP contribution in [0.2, 0.25) is 0 Å². The van der Waals surface area contributed by atoms with Gasteiger partial charge in [-0.05, 0) is 19.8 Å². The molecule has 0 N–H and O–H groups in total. The van der Waals surface area contributed by atoms with Crippen LogP contribution in [0.25, 0.3) is 0 Å². The zero-order valence-electron chi connectivity index (χ0n) is 13.1. The van der Waals surface area contributed by atoms with E-state index in [-0.39, 0.29) is 6.04 Å². The van der Waals surface area contributed by atoms with Crippen LogP contribution in [0.5, 0.6) is 0 Å². The van der Waals surface area contributed by atoms with Gasteiger partial charge in [0.15, 0.2) is 0 Å². The number of thiazole rings is 1. The third kappa shape index (κ3) is 2.82. The van der Waals surface area contributed by atoms with E-state index in [1.165, 1.54) is 0 Å². The van der Waals surface area contributed by atoms with Gasteiger partial charge in [0.2, 0.25) is 10.0 Å². The summed E-state index contributed by atoms with van der Waals surface area (Å²) in [4.78, 5) is 6.67. The normalized spacial score (nSPS) is 24.3. The van der Waals surface area contributed by atoms with Gasteiger partial charge in [-0.3, -0.25) is 4.90 Å². The molecule has 2 heterocycles. The molecule has 1 saturated carbocycles. The Bertz CT molecular complexity index is 591. The summed E-state index contributed by atoms with van der Waals surface area (Å²) in [6.07, 6.45) is 3.26. The van der Waals surface area contributed by atoms with Gasteiger partial charge in [-0.1, -0.05) is 0 Å². The highest BCUT2D eigenvalue weighted by atomic mass is 32.2. The number of hydrogen-bond donors (Lipinski definition) is 0. The Morgan fingerprint density at radius 1 is 1.36 bits per heavy atom. The lowest BCUT2D eigenvalue weighted by Gasteiger charge is -2.38. The number of sulfonamides is 1. The fourth-order valence-corrected chi connectivity index (χ4v) is 5.89. The Hall–Kier alpha value is -0.540. The maximum Gasteiger partial charge on any atom is 0.222 e. The van der Waals surface area contributed by atoms with Gasteiger partial charge in [-0.15, -0.1) is 11.3 Å². The molecule has 2 aliphatic rings. The lowest BCUT2D eigenvalue weighted by atomic mass is 10.2. The van der Waals surface area contributed by atoms with E-state index in [1.54, 1.807) is 22.8 Å². The van der Waals surface area contributed by atoms with Crippen molar-refractivity contribution >= 4 is 21.4 Å². The molecule has 0 radical (unpaired) electrons. The SMILES string of the molecule is COCC1(S(=O)(=O)N2CCN(C(C)c3nccs3)CC2)CC1. The van der Waals surface area contributed by atoms with Gasteiger partial charge in [0.25, 0.3) is 0 Å². The van der Waals surface area contributed by atoms with Crippen LogP contribution >= 0.6 is 11.3 Å². The quantitative estimate of drug-likeness (QED) is 0.778. The number of rotatable bonds is 6. The largest absolute Gasteiger partial charge is 0.383 e. The van der Waals surface area contributed by atoms with Crippen molar-refractivity contribution in [1.82, 2.24) is 14.2 Å². The molecule has 2 fully saturated rings. The van der Waals surface area contributed by atoms with Gasteiger partial charge >= 0.3 is 0 Å². The van der Waals surface area contributed by atoms with E-state index in [4.69, 9.17) is 4.74 Å². The minimum absolute atomic E-state index is 0.249. The number of aromatic nitrogens is 1. The molecular weight excluding hydrogens is 322 g/mol. The Balaban J connectivity index is 1.62.